The second-order valence-electron chi connectivity index (χ2n) is 4.15. The van der Waals surface area contributed by atoms with Gasteiger partial charge in [0.1, 0.15) is 0 Å². The minimum absolute atomic E-state index is 0.00693. The van der Waals surface area contributed by atoms with Crippen molar-refractivity contribution in [2.45, 2.75) is 19.6 Å². The highest BCUT2D eigenvalue weighted by atomic mass is 35.5. The third kappa shape index (κ3) is 3.74. The monoisotopic (exact) mass is 374 g/mol. The molecule has 0 aliphatic rings. The molecule has 1 N–H and O–H groups in total. The van der Waals surface area contributed by atoms with Crippen molar-refractivity contribution in [3.05, 3.63) is 42.8 Å². The molecule has 1 aromatic heterocycles. The summed E-state index contributed by atoms with van der Waals surface area (Å²) in [5, 5.41) is 2.76. The Labute approximate surface area is 137 Å². The number of nitrogens with zero attached hydrogens (tertiary/aromatic N) is 1. The first-order chi connectivity index (χ1) is 9.70. The van der Waals surface area contributed by atoms with E-state index in [9.17, 15) is 13.2 Å². The van der Waals surface area contributed by atoms with Gasteiger partial charge < -0.3 is 5.32 Å². The summed E-state index contributed by atoms with van der Waals surface area (Å²) in [4.78, 5) is 4.62. The standard InChI is InChI=1S/C12H8Cl3F3N2S/c1-5-7(12(16,17)18)2-8(13)9(14)10(5)19-3-6-4-20-11(15)21-6/h2,4,19H,3H2,1H3. The molecular weight excluding hydrogens is 368 g/mol. The molecule has 0 radical (unpaired) electrons. The van der Waals surface area contributed by atoms with Crippen LogP contribution >= 0.6 is 46.1 Å². The summed E-state index contributed by atoms with van der Waals surface area (Å²) in [6.07, 6.45) is -2.96. The van der Waals surface area contributed by atoms with Gasteiger partial charge in [-0.05, 0) is 18.6 Å². The van der Waals surface area contributed by atoms with Crippen molar-refractivity contribution >= 4 is 51.8 Å². The molecule has 2 aromatic rings. The third-order valence-corrected chi connectivity index (χ3v) is 4.65. The molecule has 0 atom stereocenters. The van der Waals surface area contributed by atoms with Crippen molar-refractivity contribution in [2.75, 3.05) is 5.32 Å². The fourth-order valence-corrected chi connectivity index (χ4v) is 3.15. The molecule has 0 unspecified atom stereocenters. The zero-order chi connectivity index (χ0) is 15.8. The number of aromatic nitrogens is 1. The number of halogens is 6. The second-order valence-corrected chi connectivity index (χ2v) is 6.63. The van der Waals surface area contributed by atoms with Crippen molar-refractivity contribution in [3.8, 4) is 0 Å². The lowest BCUT2D eigenvalue weighted by Crippen LogP contribution is -2.11. The van der Waals surface area contributed by atoms with Gasteiger partial charge in [-0.3, -0.25) is 0 Å². The maximum absolute atomic E-state index is 13.0. The summed E-state index contributed by atoms with van der Waals surface area (Å²) in [6, 6.07) is 0.827. The molecule has 0 aliphatic carbocycles. The SMILES string of the molecule is Cc1c(C(F)(F)F)cc(Cl)c(Cl)c1NCc1cnc(Cl)s1. The van der Waals surface area contributed by atoms with E-state index in [0.29, 0.717) is 4.47 Å². The number of hydrogen-bond donors (Lipinski definition) is 1. The van der Waals surface area contributed by atoms with Gasteiger partial charge in [0.05, 0.1) is 27.8 Å². The Hall–Kier alpha value is -0.690. The van der Waals surface area contributed by atoms with Gasteiger partial charge in [0.25, 0.3) is 0 Å². The average Bonchev–Trinajstić information content (AvgIpc) is 2.78. The van der Waals surface area contributed by atoms with Crippen LogP contribution in [0.3, 0.4) is 0 Å². The Kier molecular flexibility index (Phi) is 4.92. The molecule has 2 nitrogen and oxygen atoms in total. The van der Waals surface area contributed by atoms with Crippen LogP contribution < -0.4 is 5.32 Å². The van der Waals surface area contributed by atoms with Gasteiger partial charge in [0.2, 0.25) is 0 Å². The van der Waals surface area contributed by atoms with Gasteiger partial charge in [-0.1, -0.05) is 34.8 Å². The van der Waals surface area contributed by atoms with Crippen LogP contribution in [0.15, 0.2) is 12.3 Å². The summed E-state index contributed by atoms with van der Waals surface area (Å²) in [6.45, 7) is 1.59. The Bertz CT molecular complexity index is 670. The summed E-state index contributed by atoms with van der Waals surface area (Å²) in [7, 11) is 0. The van der Waals surface area contributed by atoms with Crippen molar-refractivity contribution in [3.63, 3.8) is 0 Å². The number of thiazole rings is 1. The van der Waals surface area contributed by atoms with E-state index in [0.717, 1.165) is 10.9 Å². The van der Waals surface area contributed by atoms with Gasteiger partial charge in [-0.25, -0.2) is 4.98 Å². The summed E-state index contributed by atoms with van der Waals surface area (Å²) in [5.41, 5.74) is -0.671. The van der Waals surface area contributed by atoms with Gasteiger partial charge in [0.15, 0.2) is 4.47 Å². The Balaban J connectivity index is 2.36. The molecule has 0 spiro atoms. The first-order valence-corrected chi connectivity index (χ1v) is 7.55. The van der Waals surface area contributed by atoms with Crippen LogP contribution in [-0.2, 0) is 12.7 Å². The minimum atomic E-state index is -4.50. The summed E-state index contributed by atoms with van der Waals surface area (Å²) >= 11 is 18.7. The number of nitrogens with one attached hydrogen (secondary N) is 1. The van der Waals surface area contributed by atoms with Crippen LogP contribution in [-0.4, -0.2) is 4.98 Å². The Morgan fingerprint density at radius 2 is 1.95 bits per heavy atom. The van der Waals surface area contributed by atoms with Crippen LogP contribution in [0.4, 0.5) is 18.9 Å². The predicted molar refractivity (Wildman–Crippen MR) is 80.7 cm³/mol. The van der Waals surface area contributed by atoms with Crippen LogP contribution in [0.25, 0.3) is 0 Å². The summed E-state index contributed by atoms with van der Waals surface area (Å²) < 4.78 is 39.2. The molecule has 0 bridgehead atoms. The second kappa shape index (κ2) is 6.20. The smallest absolute Gasteiger partial charge is 0.379 e. The molecule has 1 heterocycles. The van der Waals surface area contributed by atoms with Crippen LogP contribution in [0.5, 0.6) is 0 Å². The predicted octanol–water partition coefficient (Wildman–Crippen LogP) is 6.04. The highest BCUT2D eigenvalue weighted by Gasteiger charge is 2.34. The number of hydrogen-bond acceptors (Lipinski definition) is 3. The fraction of sp³-hybridized carbons (Fsp3) is 0.250. The maximum Gasteiger partial charge on any atom is 0.416 e. The highest BCUT2D eigenvalue weighted by Crippen LogP contribution is 2.42. The van der Waals surface area contributed by atoms with Crippen LogP contribution in [0, 0.1) is 6.92 Å². The lowest BCUT2D eigenvalue weighted by molar-refractivity contribution is -0.138. The van der Waals surface area contributed by atoms with Crippen molar-refractivity contribution in [2.24, 2.45) is 0 Å². The fourth-order valence-electron chi connectivity index (χ4n) is 1.76. The molecular formula is C12H8Cl3F3N2S. The first kappa shape index (κ1) is 16.7. The molecule has 0 aliphatic heterocycles. The van der Waals surface area contributed by atoms with Gasteiger partial charge in [0, 0.05) is 11.1 Å². The Morgan fingerprint density at radius 3 is 2.48 bits per heavy atom. The molecule has 1 aromatic carbocycles. The van der Waals surface area contributed by atoms with Crippen LogP contribution in [0.2, 0.25) is 14.5 Å². The number of benzene rings is 1. The van der Waals surface area contributed by atoms with E-state index in [1.807, 2.05) is 0 Å². The molecule has 0 amide bonds. The number of anilines is 1. The topological polar surface area (TPSA) is 24.9 Å². The van der Waals surface area contributed by atoms with E-state index >= 15 is 0 Å². The van der Waals surface area contributed by atoms with Crippen LogP contribution in [0.1, 0.15) is 16.0 Å². The normalized spacial score (nSPS) is 11.8. The lowest BCUT2D eigenvalue weighted by Gasteiger charge is -2.17. The molecule has 0 fully saturated rings. The van der Waals surface area contributed by atoms with Crippen molar-refractivity contribution < 1.29 is 13.2 Å². The first-order valence-electron chi connectivity index (χ1n) is 5.60. The van der Waals surface area contributed by atoms with E-state index in [-0.39, 0.29) is 27.8 Å². The van der Waals surface area contributed by atoms with Gasteiger partial charge in [-0.15, -0.1) is 11.3 Å². The molecule has 114 valence electrons. The molecule has 21 heavy (non-hydrogen) atoms. The number of rotatable bonds is 3. The maximum atomic E-state index is 13.0. The summed E-state index contributed by atoms with van der Waals surface area (Å²) in [5.74, 6) is 0. The van der Waals surface area contributed by atoms with E-state index in [1.54, 1.807) is 6.20 Å². The van der Waals surface area contributed by atoms with E-state index in [2.05, 4.69) is 10.3 Å². The van der Waals surface area contributed by atoms with Crippen molar-refractivity contribution in [1.82, 2.24) is 4.98 Å². The van der Waals surface area contributed by atoms with Gasteiger partial charge in [-0.2, -0.15) is 13.2 Å². The molecule has 9 heteroatoms. The van der Waals surface area contributed by atoms with E-state index in [4.69, 9.17) is 34.8 Å². The number of alkyl halides is 3. The molecule has 2 rings (SSSR count). The quantitative estimate of drug-likeness (QED) is 0.707. The lowest BCUT2D eigenvalue weighted by atomic mass is 10.1. The minimum Gasteiger partial charge on any atom is -0.379 e. The van der Waals surface area contributed by atoms with Crippen molar-refractivity contribution in [1.29, 1.82) is 0 Å². The zero-order valence-electron chi connectivity index (χ0n) is 10.5. The molecule has 0 saturated heterocycles. The molecule has 0 saturated carbocycles. The van der Waals surface area contributed by atoms with E-state index < -0.39 is 11.7 Å². The average molecular weight is 376 g/mol. The zero-order valence-corrected chi connectivity index (χ0v) is 13.6. The third-order valence-electron chi connectivity index (χ3n) is 2.75. The van der Waals surface area contributed by atoms with E-state index in [1.165, 1.54) is 18.3 Å². The largest absolute Gasteiger partial charge is 0.416 e. The van der Waals surface area contributed by atoms with Gasteiger partial charge >= 0.3 is 6.18 Å². The highest BCUT2D eigenvalue weighted by molar-refractivity contribution is 7.15. The Morgan fingerprint density at radius 1 is 1.29 bits per heavy atom.